The van der Waals surface area contributed by atoms with Crippen molar-refractivity contribution in [2.24, 2.45) is 11.1 Å². The van der Waals surface area contributed by atoms with Crippen LogP contribution in [0.4, 0.5) is 5.13 Å². The van der Waals surface area contributed by atoms with Crippen LogP contribution in [-0.2, 0) is 19.2 Å². The number of thiazole rings is 1. The van der Waals surface area contributed by atoms with Gasteiger partial charge >= 0.3 is 5.97 Å². The van der Waals surface area contributed by atoms with E-state index >= 15 is 0 Å². The summed E-state index contributed by atoms with van der Waals surface area (Å²) in [7, 11) is 0. The van der Waals surface area contributed by atoms with E-state index in [4.69, 9.17) is 5.73 Å². The van der Waals surface area contributed by atoms with Crippen LogP contribution >= 0.6 is 23.1 Å². The number of allylic oxidation sites excluding steroid dienone is 1. The van der Waals surface area contributed by atoms with Crippen molar-refractivity contribution in [3.8, 4) is 0 Å². The molecule has 218 valence electrons. The molecule has 16 heteroatoms. The van der Waals surface area contributed by atoms with Crippen LogP contribution in [0.2, 0.25) is 0 Å². The van der Waals surface area contributed by atoms with Crippen molar-refractivity contribution in [2.45, 2.75) is 36.3 Å². The predicted octanol–water partition coefficient (Wildman–Crippen LogP) is -0.276. The van der Waals surface area contributed by atoms with Gasteiger partial charge in [-0.1, -0.05) is 0 Å². The van der Waals surface area contributed by atoms with Crippen molar-refractivity contribution in [1.29, 1.82) is 0 Å². The Bertz CT molecular complexity index is 1360. The summed E-state index contributed by atoms with van der Waals surface area (Å²) >= 11 is 2.34. The Balaban J connectivity index is 1.13. The topological polar surface area (TPSA) is 191 Å². The summed E-state index contributed by atoms with van der Waals surface area (Å²) in [5.74, 6) is -1.89. The molecule has 4 saturated heterocycles. The first-order valence-corrected chi connectivity index (χ1v) is 15.4. The average molecular weight is 603 g/mol. The molecule has 6 rings (SSSR count). The number of thioether (sulfide) groups is 1. The third-order valence-corrected chi connectivity index (χ3v) is 10.2. The molecule has 5 N–H and O–H groups in total. The second kappa shape index (κ2) is 11.2. The van der Waals surface area contributed by atoms with E-state index in [1.54, 1.807) is 6.08 Å². The molecule has 1 aromatic heterocycles. The summed E-state index contributed by atoms with van der Waals surface area (Å²) in [4.78, 5) is 72.1. The van der Waals surface area contributed by atoms with Gasteiger partial charge in [-0.05, 0) is 35.6 Å². The number of aliphatic carboxylic acids is 1. The Morgan fingerprint density at radius 1 is 1.32 bits per heavy atom. The van der Waals surface area contributed by atoms with Crippen LogP contribution in [0.25, 0.3) is 0 Å². The molecule has 14 nitrogen and oxygen atoms in total. The van der Waals surface area contributed by atoms with Gasteiger partial charge in [0.2, 0.25) is 11.9 Å². The molecule has 6 heterocycles. The number of β-lactam (4-membered cyclic amide) rings is 1. The number of fused-ring (bicyclic) bond motifs is 1. The number of nitrogen functional groups attached to an aromatic ring is 1. The molecule has 0 aromatic carbocycles. The van der Waals surface area contributed by atoms with Crippen molar-refractivity contribution in [1.82, 2.24) is 30.3 Å². The standard InChI is InChI=1S/C25H30N8O6S2/c26-25-28-16(11-41-25)17(30-39)20(34)29-18-22(36)33-19(24(37)38)14(10-40-23(18)33)5-13-1-4-32(21(13)35)15-2-3-31(9-15)8-12-6-27-7-12/h5,11-12,15,17-18,23,27H,1-4,6-10H2,(H2,26,28)(H,29,34)(H,37,38). The van der Waals surface area contributed by atoms with Crippen molar-refractivity contribution in [2.75, 3.05) is 50.8 Å². The van der Waals surface area contributed by atoms with Crippen molar-refractivity contribution >= 4 is 51.9 Å². The van der Waals surface area contributed by atoms with Gasteiger partial charge in [-0.3, -0.25) is 19.3 Å². The molecule has 0 bridgehead atoms. The maximum Gasteiger partial charge on any atom is 0.352 e. The molecule has 3 amide bonds. The third-order valence-electron chi connectivity index (χ3n) is 8.25. The van der Waals surface area contributed by atoms with Crippen LogP contribution in [0.1, 0.15) is 24.6 Å². The molecule has 4 atom stereocenters. The molecule has 41 heavy (non-hydrogen) atoms. The number of carbonyl (C=O) groups is 4. The number of nitrogens with one attached hydrogen (secondary N) is 2. The third kappa shape index (κ3) is 5.13. The Morgan fingerprint density at radius 2 is 2.12 bits per heavy atom. The van der Waals surface area contributed by atoms with Gasteiger partial charge in [-0.2, -0.15) is 0 Å². The van der Waals surface area contributed by atoms with Crippen molar-refractivity contribution < 1.29 is 24.3 Å². The average Bonchev–Trinajstić information content (AvgIpc) is 3.65. The number of carboxylic acid groups (broad SMARTS) is 1. The number of likely N-dealkylation sites (tertiary alicyclic amines) is 2. The summed E-state index contributed by atoms with van der Waals surface area (Å²) in [5, 5.41) is 19.6. The summed E-state index contributed by atoms with van der Waals surface area (Å²) in [6.07, 6.45) is 3.06. The molecular formula is C25H30N8O6S2. The number of aromatic nitrogens is 1. The highest BCUT2D eigenvalue weighted by molar-refractivity contribution is 8.00. The van der Waals surface area contributed by atoms with E-state index in [-0.39, 0.29) is 34.2 Å². The molecule has 5 aliphatic heterocycles. The monoisotopic (exact) mass is 602 g/mol. The summed E-state index contributed by atoms with van der Waals surface area (Å²) < 4.78 is 0. The Hall–Kier alpha value is -3.34. The van der Waals surface area contributed by atoms with E-state index in [0.29, 0.717) is 30.0 Å². The second-order valence-electron chi connectivity index (χ2n) is 10.8. The highest BCUT2D eigenvalue weighted by Gasteiger charge is 2.54. The second-order valence-corrected chi connectivity index (χ2v) is 12.8. The lowest BCUT2D eigenvalue weighted by molar-refractivity contribution is -0.150. The van der Waals surface area contributed by atoms with Crippen LogP contribution in [0.5, 0.6) is 0 Å². The summed E-state index contributed by atoms with van der Waals surface area (Å²) in [6, 6.07) is -2.36. The zero-order chi connectivity index (χ0) is 28.8. The lowest BCUT2D eigenvalue weighted by Gasteiger charge is -2.49. The van der Waals surface area contributed by atoms with Gasteiger partial charge in [0.05, 0.1) is 5.69 Å². The predicted molar refractivity (Wildman–Crippen MR) is 150 cm³/mol. The van der Waals surface area contributed by atoms with Gasteiger partial charge in [0.1, 0.15) is 17.1 Å². The van der Waals surface area contributed by atoms with Crippen LogP contribution in [0, 0.1) is 10.8 Å². The van der Waals surface area contributed by atoms with Gasteiger partial charge in [0.25, 0.3) is 11.8 Å². The smallest absolute Gasteiger partial charge is 0.352 e. The van der Waals surface area contributed by atoms with E-state index < -0.39 is 35.2 Å². The molecule has 5 aliphatic rings. The maximum absolute atomic E-state index is 13.3. The fourth-order valence-electron chi connectivity index (χ4n) is 6.05. The number of rotatable bonds is 9. The number of nitroso groups, excluding NO2 is 1. The first kappa shape index (κ1) is 27.8. The zero-order valence-corrected chi connectivity index (χ0v) is 23.7. The number of amides is 3. The molecule has 0 radical (unpaired) electrons. The normalized spacial score (nSPS) is 28.5. The Morgan fingerprint density at radius 3 is 2.78 bits per heavy atom. The molecule has 0 aliphatic carbocycles. The molecule has 0 spiro atoms. The summed E-state index contributed by atoms with van der Waals surface area (Å²) in [6.45, 7) is 5.53. The first-order chi connectivity index (χ1) is 19.7. The lowest BCUT2D eigenvalue weighted by atomic mass is 10.0. The summed E-state index contributed by atoms with van der Waals surface area (Å²) in [5.41, 5.74) is 6.40. The van der Waals surface area contributed by atoms with E-state index in [1.807, 2.05) is 4.90 Å². The van der Waals surface area contributed by atoms with E-state index in [9.17, 15) is 29.2 Å². The zero-order valence-electron chi connectivity index (χ0n) is 22.0. The number of carbonyl (C=O) groups excluding carboxylic acids is 3. The minimum atomic E-state index is -1.48. The number of nitrogens with two attached hydrogens (primary N) is 1. The highest BCUT2D eigenvalue weighted by atomic mass is 32.2. The van der Waals surface area contributed by atoms with Crippen LogP contribution in [0.15, 0.2) is 33.5 Å². The maximum atomic E-state index is 13.3. The van der Waals surface area contributed by atoms with E-state index in [2.05, 4.69) is 25.7 Å². The number of nitrogens with zero attached hydrogens (tertiary/aromatic N) is 5. The Labute approximate surface area is 243 Å². The minimum Gasteiger partial charge on any atom is -0.477 e. The quantitative estimate of drug-likeness (QED) is 0.165. The van der Waals surface area contributed by atoms with Gasteiger partial charge in [0.15, 0.2) is 5.13 Å². The van der Waals surface area contributed by atoms with Gasteiger partial charge in [-0.25, -0.2) is 9.78 Å². The van der Waals surface area contributed by atoms with Crippen LogP contribution < -0.4 is 16.4 Å². The van der Waals surface area contributed by atoms with Crippen LogP contribution in [-0.4, -0.2) is 111 Å². The molecule has 4 unspecified atom stereocenters. The fraction of sp³-hybridized carbons (Fsp3) is 0.560. The van der Waals surface area contributed by atoms with Gasteiger partial charge in [0, 0.05) is 62.0 Å². The fourth-order valence-corrected chi connectivity index (χ4v) is 7.94. The van der Waals surface area contributed by atoms with Crippen LogP contribution in [0.3, 0.4) is 0 Å². The van der Waals surface area contributed by atoms with Crippen molar-refractivity contribution in [3.63, 3.8) is 0 Å². The first-order valence-electron chi connectivity index (χ1n) is 13.4. The number of hydrogen-bond donors (Lipinski definition) is 4. The number of anilines is 1. The Kier molecular flexibility index (Phi) is 7.56. The number of hydrogen-bond acceptors (Lipinski definition) is 12. The SMILES string of the molecule is Nc1nc(C(N=O)C(=O)NC2C(=O)N3C(C(=O)O)=C(C=C4CCN(C5CCN(CC6CNC6)C5)C4=O)CSC23)cs1. The van der Waals surface area contributed by atoms with E-state index in [1.165, 1.54) is 17.1 Å². The molecule has 4 fully saturated rings. The molecular weight excluding hydrogens is 572 g/mol. The minimum absolute atomic E-state index is 0.0798. The largest absolute Gasteiger partial charge is 0.477 e. The molecule has 1 aromatic rings. The van der Waals surface area contributed by atoms with Gasteiger partial charge < -0.3 is 31.3 Å². The lowest BCUT2D eigenvalue weighted by Crippen LogP contribution is -2.70. The van der Waals surface area contributed by atoms with Gasteiger partial charge in [-0.15, -0.1) is 28.0 Å². The molecule has 0 saturated carbocycles. The number of carboxylic acids is 1. The van der Waals surface area contributed by atoms with E-state index in [0.717, 1.165) is 55.4 Å². The van der Waals surface area contributed by atoms with Crippen molar-refractivity contribution in [3.05, 3.63) is 38.9 Å². The highest BCUT2D eigenvalue weighted by Crippen LogP contribution is 2.41.